The monoisotopic (exact) mass is 579 g/mol. The largest absolute Gasteiger partial charge is 0.424 e. The van der Waals surface area contributed by atoms with Crippen molar-refractivity contribution in [2.45, 2.75) is 44.9 Å². The van der Waals surface area contributed by atoms with Crippen LogP contribution in [0, 0.1) is 0 Å². The summed E-state index contributed by atoms with van der Waals surface area (Å²) in [6.07, 6.45) is 6.96. The van der Waals surface area contributed by atoms with Crippen LogP contribution in [0.4, 0.5) is 0 Å². The Labute approximate surface area is 206 Å². The SMILES string of the molecule is CC(=O)Oc1c(Cl)cc(C=Nn2c(C3CCCCC3)nc3ccc(Br)cc3c2=O)cc1Br. The van der Waals surface area contributed by atoms with Crippen molar-refractivity contribution in [1.82, 2.24) is 9.66 Å². The third kappa shape index (κ3) is 4.97. The molecule has 1 aliphatic carbocycles. The van der Waals surface area contributed by atoms with Gasteiger partial charge in [0.2, 0.25) is 0 Å². The van der Waals surface area contributed by atoms with Gasteiger partial charge in [0.05, 0.1) is 26.6 Å². The minimum absolute atomic E-state index is 0.184. The van der Waals surface area contributed by atoms with Crippen LogP contribution in [0.5, 0.6) is 5.75 Å². The van der Waals surface area contributed by atoms with Crippen molar-refractivity contribution in [2.75, 3.05) is 0 Å². The fourth-order valence-electron chi connectivity index (χ4n) is 3.92. The van der Waals surface area contributed by atoms with Crippen molar-refractivity contribution in [3.05, 3.63) is 66.0 Å². The smallest absolute Gasteiger partial charge is 0.308 e. The summed E-state index contributed by atoms with van der Waals surface area (Å²) < 4.78 is 7.87. The van der Waals surface area contributed by atoms with Crippen LogP contribution in [-0.2, 0) is 4.79 Å². The van der Waals surface area contributed by atoms with Crippen molar-refractivity contribution >= 4 is 66.5 Å². The molecule has 2 aromatic carbocycles. The normalized spacial score (nSPS) is 14.9. The van der Waals surface area contributed by atoms with Crippen LogP contribution in [0.25, 0.3) is 10.9 Å². The Morgan fingerprint density at radius 3 is 2.66 bits per heavy atom. The number of aromatic nitrogens is 2. The van der Waals surface area contributed by atoms with E-state index in [0.717, 1.165) is 30.2 Å². The molecule has 1 aliphatic rings. The van der Waals surface area contributed by atoms with E-state index in [1.54, 1.807) is 24.4 Å². The van der Waals surface area contributed by atoms with Crippen molar-refractivity contribution in [3.8, 4) is 5.75 Å². The van der Waals surface area contributed by atoms with Crippen LogP contribution in [0.3, 0.4) is 0 Å². The molecule has 1 fully saturated rings. The second kappa shape index (κ2) is 9.85. The highest BCUT2D eigenvalue weighted by atomic mass is 79.9. The summed E-state index contributed by atoms with van der Waals surface area (Å²) in [7, 11) is 0. The van der Waals surface area contributed by atoms with Crippen molar-refractivity contribution < 1.29 is 9.53 Å². The molecule has 0 atom stereocenters. The Morgan fingerprint density at radius 2 is 1.97 bits per heavy atom. The molecule has 0 saturated heterocycles. The van der Waals surface area contributed by atoms with E-state index in [0.29, 0.717) is 26.8 Å². The van der Waals surface area contributed by atoms with E-state index in [2.05, 4.69) is 37.0 Å². The molecule has 9 heteroatoms. The van der Waals surface area contributed by atoms with Crippen molar-refractivity contribution in [2.24, 2.45) is 5.10 Å². The van der Waals surface area contributed by atoms with Gasteiger partial charge in [0, 0.05) is 17.3 Å². The van der Waals surface area contributed by atoms with Gasteiger partial charge in [-0.25, -0.2) is 4.98 Å². The van der Waals surface area contributed by atoms with Gasteiger partial charge < -0.3 is 4.74 Å². The molecule has 32 heavy (non-hydrogen) atoms. The second-order valence-corrected chi connectivity index (χ2v) is 9.91. The first-order valence-corrected chi connectivity index (χ1v) is 12.2. The number of hydrogen-bond donors (Lipinski definition) is 0. The van der Waals surface area contributed by atoms with E-state index in [4.69, 9.17) is 21.3 Å². The lowest BCUT2D eigenvalue weighted by Gasteiger charge is -2.22. The van der Waals surface area contributed by atoms with Gasteiger partial charge in [0.1, 0.15) is 5.82 Å². The molecule has 6 nitrogen and oxygen atoms in total. The number of carbonyl (C=O) groups is 1. The van der Waals surface area contributed by atoms with Gasteiger partial charge in [0.15, 0.2) is 5.75 Å². The first-order chi connectivity index (χ1) is 15.3. The van der Waals surface area contributed by atoms with E-state index < -0.39 is 5.97 Å². The number of halogens is 3. The highest BCUT2D eigenvalue weighted by molar-refractivity contribution is 9.10. The molecule has 166 valence electrons. The first-order valence-electron chi connectivity index (χ1n) is 10.3. The van der Waals surface area contributed by atoms with Crippen molar-refractivity contribution in [1.29, 1.82) is 0 Å². The molecule has 1 saturated carbocycles. The maximum atomic E-state index is 13.4. The van der Waals surface area contributed by atoms with E-state index in [1.165, 1.54) is 18.0 Å². The number of carbonyl (C=O) groups excluding carboxylic acids is 1. The topological polar surface area (TPSA) is 73.5 Å². The predicted molar refractivity (Wildman–Crippen MR) is 133 cm³/mol. The summed E-state index contributed by atoms with van der Waals surface area (Å²) >= 11 is 13.1. The molecule has 0 spiro atoms. The molecular formula is C23H20Br2ClN3O3. The van der Waals surface area contributed by atoms with Gasteiger partial charge in [-0.05, 0) is 64.7 Å². The standard InChI is InChI=1S/C23H20Br2ClN3O3/c1-13(30)32-21-18(25)9-14(10-19(21)26)12-27-29-22(15-5-3-2-4-6-15)28-20-8-7-16(24)11-17(20)23(29)31/h7-12,15H,2-6H2,1H3. The average Bonchev–Trinajstić information content (AvgIpc) is 2.76. The Bertz CT molecular complexity index is 1260. The van der Waals surface area contributed by atoms with E-state index in [9.17, 15) is 9.59 Å². The summed E-state index contributed by atoms with van der Waals surface area (Å²) in [4.78, 5) is 29.5. The lowest BCUT2D eigenvalue weighted by atomic mass is 9.88. The van der Waals surface area contributed by atoms with E-state index >= 15 is 0 Å². The number of ether oxygens (including phenoxy) is 1. The van der Waals surface area contributed by atoms with Crippen LogP contribution in [0.2, 0.25) is 5.02 Å². The first kappa shape index (κ1) is 23.1. The van der Waals surface area contributed by atoms with Crippen LogP contribution >= 0.6 is 43.5 Å². The molecule has 3 aromatic rings. The molecule has 1 heterocycles. The maximum absolute atomic E-state index is 13.4. The van der Waals surface area contributed by atoms with Gasteiger partial charge in [0.25, 0.3) is 5.56 Å². The molecule has 0 N–H and O–H groups in total. The summed E-state index contributed by atoms with van der Waals surface area (Å²) in [5, 5.41) is 5.28. The predicted octanol–water partition coefficient (Wildman–Crippen LogP) is 6.43. The molecule has 1 aromatic heterocycles. The van der Waals surface area contributed by atoms with Crippen molar-refractivity contribution in [3.63, 3.8) is 0 Å². The number of hydrogen-bond acceptors (Lipinski definition) is 5. The molecule has 0 bridgehead atoms. The zero-order valence-corrected chi connectivity index (χ0v) is 21.2. The molecule has 0 amide bonds. The minimum Gasteiger partial charge on any atom is -0.424 e. The molecular weight excluding hydrogens is 562 g/mol. The van der Waals surface area contributed by atoms with Gasteiger partial charge in [-0.15, -0.1) is 0 Å². The van der Waals surface area contributed by atoms with Crippen LogP contribution in [0.15, 0.2) is 49.2 Å². The number of esters is 1. The third-order valence-corrected chi connectivity index (χ3v) is 6.76. The summed E-state index contributed by atoms with van der Waals surface area (Å²) in [6, 6.07) is 8.86. The minimum atomic E-state index is -0.467. The summed E-state index contributed by atoms with van der Waals surface area (Å²) in [5.41, 5.74) is 1.10. The van der Waals surface area contributed by atoms with Gasteiger partial charge in [-0.2, -0.15) is 9.78 Å². The van der Waals surface area contributed by atoms with Crippen LogP contribution < -0.4 is 10.3 Å². The summed E-state index contributed by atoms with van der Waals surface area (Å²) in [5.74, 6) is 0.644. The average molecular weight is 582 g/mol. The quantitative estimate of drug-likeness (QED) is 0.202. The zero-order valence-electron chi connectivity index (χ0n) is 17.3. The third-order valence-electron chi connectivity index (χ3n) is 5.39. The second-order valence-electron chi connectivity index (χ2n) is 7.74. The van der Waals surface area contributed by atoms with Crippen LogP contribution in [-0.4, -0.2) is 21.8 Å². The number of nitrogens with zero attached hydrogens (tertiary/aromatic N) is 3. The highest BCUT2D eigenvalue weighted by Gasteiger charge is 2.22. The van der Waals surface area contributed by atoms with E-state index in [1.807, 2.05) is 12.1 Å². The Hall–Kier alpha value is -2.03. The molecule has 0 unspecified atom stereocenters. The Kier molecular flexibility index (Phi) is 7.12. The van der Waals surface area contributed by atoms with Gasteiger partial charge >= 0.3 is 5.97 Å². The van der Waals surface area contributed by atoms with Crippen LogP contribution in [0.1, 0.15) is 56.3 Å². The fraction of sp³-hybridized carbons (Fsp3) is 0.304. The lowest BCUT2D eigenvalue weighted by molar-refractivity contribution is -0.131. The number of benzene rings is 2. The maximum Gasteiger partial charge on any atom is 0.308 e. The number of rotatable bonds is 4. The zero-order chi connectivity index (χ0) is 22.8. The lowest BCUT2D eigenvalue weighted by Crippen LogP contribution is -2.25. The summed E-state index contributed by atoms with van der Waals surface area (Å²) in [6.45, 7) is 1.31. The molecule has 4 rings (SSSR count). The Balaban J connectivity index is 1.80. The van der Waals surface area contributed by atoms with Gasteiger partial charge in [-0.1, -0.05) is 46.8 Å². The van der Waals surface area contributed by atoms with Gasteiger partial charge in [-0.3, -0.25) is 9.59 Å². The molecule has 0 radical (unpaired) electrons. The Morgan fingerprint density at radius 1 is 1.22 bits per heavy atom. The fourth-order valence-corrected chi connectivity index (χ4v) is 5.22. The highest BCUT2D eigenvalue weighted by Crippen LogP contribution is 2.35. The molecule has 0 aliphatic heterocycles. The van der Waals surface area contributed by atoms with E-state index in [-0.39, 0.29) is 22.2 Å². The number of fused-ring (bicyclic) bond motifs is 1.